The Morgan fingerprint density at radius 2 is 1.90 bits per heavy atom. The fourth-order valence-electron chi connectivity index (χ4n) is 3.12. The summed E-state index contributed by atoms with van der Waals surface area (Å²) in [6, 6.07) is 15.1. The molecule has 1 aliphatic heterocycles. The smallest absolute Gasteiger partial charge is 0.0805 e. The fourth-order valence-corrected chi connectivity index (χ4v) is 3.12. The van der Waals surface area contributed by atoms with Crippen molar-refractivity contribution in [3.8, 4) is 0 Å². The SMILES string of the molecule is OC(CC1CCCCCN1)c1ccc2ccccc2c1. The van der Waals surface area contributed by atoms with E-state index in [-0.39, 0.29) is 6.10 Å². The Balaban J connectivity index is 1.72. The minimum absolute atomic E-state index is 0.366. The van der Waals surface area contributed by atoms with Crippen LogP contribution in [0.15, 0.2) is 42.5 Å². The lowest BCUT2D eigenvalue weighted by Crippen LogP contribution is -2.29. The van der Waals surface area contributed by atoms with Gasteiger partial charge in [-0.25, -0.2) is 0 Å². The summed E-state index contributed by atoms with van der Waals surface area (Å²) in [6.07, 6.45) is 5.50. The number of nitrogens with one attached hydrogen (secondary N) is 1. The maximum absolute atomic E-state index is 10.5. The van der Waals surface area contributed by atoms with Gasteiger partial charge in [0.1, 0.15) is 0 Å². The van der Waals surface area contributed by atoms with E-state index in [0.717, 1.165) is 18.5 Å². The van der Waals surface area contributed by atoms with Crippen molar-refractivity contribution in [1.82, 2.24) is 5.32 Å². The van der Waals surface area contributed by atoms with Gasteiger partial charge in [0.15, 0.2) is 0 Å². The lowest BCUT2D eigenvalue weighted by molar-refractivity contribution is 0.150. The van der Waals surface area contributed by atoms with Gasteiger partial charge in [-0.3, -0.25) is 0 Å². The van der Waals surface area contributed by atoms with Crippen LogP contribution < -0.4 is 5.32 Å². The Kier molecular flexibility index (Phi) is 4.34. The first-order valence-electron chi connectivity index (χ1n) is 7.73. The summed E-state index contributed by atoms with van der Waals surface area (Å²) in [7, 11) is 0. The van der Waals surface area contributed by atoms with E-state index in [9.17, 15) is 5.11 Å². The van der Waals surface area contributed by atoms with Crippen LogP contribution in [0.4, 0.5) is 0 Å². The van der Waals surface area contributed by atoms with Crippen molar-refractivity contribution in [2.75, 3.05) is 6.54 Å². The molecule has 2 atom stereocenters. The van der Waals surface area contributed by atoms with Crippen molar-refractivity contribution in [2.24, 2.45) is 0 Å². The van der Waals surface area contributed by atoms with Gasteiger partial charge in [-0.15, -0.1) is 0 Å². The third-order valence-corrected chi connectivity index (χ3v) is 4.33. The maximum atomic E-state index is 10.5. The minimum atomic E-state index is -0.366. The molecule has 3 rings (SSSR count). The van der Waals surface area contributed by atoms with Crippen LogP contribution in [0.5, 0.6) is 0 Å². The molecule has 2 unspecified atom stereocenters. The standard InChI is InChI=1S/C18H23NO/c20-18(13-17-8-2-1-5-11-19-17)16-10-9-14-6-3-4-7-15(14)12-16/h3-4,6-7,9-10,12,17-20H,1-2,5,8,11,13H2. The highest BCUT2D eigenvalue weighted by Crippen LogP contribution is 2.25. The van der Waals surface area contributed by atoms with E-state index < -0.39 is 0 Å². The van der Waals surface area contributed by atoms with E-state index in [4.69, 9.17) is 0 Å². The van der Waals surface area contributed by atoms with Gasteiger partial charge >= 0.3 is 0 Å². The topological polar surface area (TPSA) is 32.3 Å². The molecule has 0 saturated carbocycles. The number of hydrogen-bond donors (Lipinski definition) is 2. The van der Waals surface area contributed by atoms with Gasteiger partial charge in [-0.1, -0.05) is 49.2 Å². The molecule has 20 heavy (non-hydrogen) atoms. The lowest BCUT2D eigenvalue weighted by Gasteiger charge is -2.20. The largest absolute Gasteiger partial charge is 0.388 e. The minimum Gasteiger partial charge on any atom is -0.388 e. The summed E-state index contributed by atoms with van der Waals surface area (Å²) in [5.41, 5.74) is 1.04. The predicted molar refractivity (Wildman–Crippen MR) is 83.8 cm³/mol. The van der Waals surface area contributed by atoms with Crippen LogP contribution in [-0.2, 0) is 0 Å². The molecule has 0 amide bonds. The summed E-state index contributed by atoms with van der Waals surface area (Å²) < 4.78 is 0. The Labute approximate surface area is 120 Å². The molecule has 1 fully saturated rings. The van der Waals surface area contributed by atoms with Gasteiger partial charge in [0.25, 0.3) is 0 Å². The Morgan fingerprint density at radius 3 is 2.80 bits per heavy atom. The molecule has 0 spiro atoms. The molecule has 1 saturated heterocycles. The first kappa shape index (κ1) is 13.6. The molecule has 2 N–H and O–H groups in total. The van der Waals surface area contributed by atoms with Crippen LogP contribution in [-0.4, -0.2) is 17.7 Å². The van der Waals surface area contributed by atoms with Crippen molar-refractivity contribution in [2.45, 2.75) is 44.2 Å². The second-order valence-electron chi connectivity index (χ2n) is 5.86. The van der Waals surface area contributed by atoms with E-state index in [0.29, 0.717) is 6.04 Å². The molecule has 2 aromatic rings. The summed E-state index contributed by atoms with van der Waals surface area (Å²) in [4.78, 5) is 0. The summed E-state index contributed by atoms with van der Waals surface area (Å²) in [5, 5.41) is 16.5. The first-order valence-corrected chi connectivity index (χ1v) is 7.73. The number of aliphatic hydroxyl groups excluding tert-OH is 1. The van der Waals surface area contributed by atoms with Gasteiger partial charge in [0, 0.05) is 6.04 Å². The van der Waals surface area contributed by atoms with E-state index in [2.05, 4.69) is 35.6 Å². The number of hydrogen-bond acceptors (Lipinski definition) is 2. The third-order valence-electron chi connectivity index (χ3n) is 4.33. The highest BCUT2D eigenvalue weighted by atomic mass is 16.3. The normalized spacial score (nSPS) is 21.6. The van der Waals surface area contributed by atoms with Crippen molar-refractivity contribution in [3.63, 3.8) is 0 Å². The molecule has 2 aromatic carbocycles. The molecule has 106 valence electrons. The molecule has 2 nitrogen and oxygen atoms in total. The Morgan fingerprint density at radius 1 is 1.05 bits per heavy atom. The first-order chi connectivity index (χ1) is 9.83. The summed E-state index contributed by atoms with van der Waals surface area (Å²) in [5.74, 6) is 0. The molecule has 1 aliphatic rings. The zero-order valence-corrected chi connectivity index (χ0v) is 11.9. The van der Waals surface area contributed by atoms with Gasteiger partial charge in [-0.05, 0) is 48.2 Å². The number of benzene rings is 2. The van der Waals surface area contributed by atoms with Gasteiger partial charge < -0.3 is 10.4 Å². The summed E-state index contributed by atoms with van der Waals surface area (Å²) >= 11 is 0. The van der Waals surface area contributed by atoms with Crippen LogP contribution in [0, 0.1) is 0 Å². The molecule has 0 radical (unpaired) electrons. The number of rotatable bonds is 3. The fraction of sp³-hybridized carbons (Fsp3) is 0.444. The monoisotopic (exact) mass is 269 g/mol. The van der Waals surface area contributed by atoms with E-state index >= 15 is 0 Å². The zero-order valence-electron chi connectivity index (χ0n) is 11.9. The van der Waals surface area contributed by atoms with Crippen molar-refractivity contribution in [1.29, 1.82) is 0 Å². The third kappa shape index (κ3) is 3.20. The Bertz CT molecular complexity index is 558. The van der Waals surface area contributed by atoms with Gasteiger partial charge in [0.05, 0.1) is 6.10 Å². The van der Waals surface area contributed by atoms with Gasteiger partial charge in [0.2, 0.25) is 0 Å². The molecule has 1 heterocycles. The van der Waals surface area contributed by atoms with Crippen LogP contribution in [0.2, 0.25) is 0 Å². The van der Waals surface area contributed by atoms with Crippen molar-refractivity contribution >= 4 is 10.8 Å². The van der Waals surface area contributed by atoms with Crippen molar-refractivity contribution in [3.05, 3.63) is 48.0 Å². The number of aliphatic hydroxyl groups is 1. The van der Waals surface area contributed by atoms with Gasteiger partial charge in [-0.2, -0.15) is 0 Å². The molecular weight excluding hydrogens is 246 g/mol. The lowest BCUT2D eigenvalue weighted by atomic mass is 9.97. The summed E-state index contributed by atoms with van der Waals surface area (Å²) in [6.45, 7) is 1.09. The van der Waals surface area contributed by atoms with E-state index in [1.54, 1.807) is 0 Å². The predicted octanol–water partition coefficient (Wildman–Crippen LogP) is 3.80. The average molecular weight is 269 g/mol. The zero-order chi connectivity index (χ0) is 13.8. The van der Waals surface area contributed by atoms with Crippen LogP contribution in [0.25, 0.3) is 10.8 Å². The Hall–Kier alpha value is -1.38. The molecule has 0 bridgehead atoms. The molecule has 0 aromatic heterocycles. The molecule has 0 aliphatic carbocycles. The quantitative estimate of drug-likeness (QED) is 0.888. The van der Waals surface area contributed by atoms with Crippen LogP contribution >= 0.6 is 0 Å². The van der Waals surface area contributed by atoms with Crippen LogP contribution in [0.3, 0.4) is 0 Å². The highest BCUT2D eigenvalue weighted by molar-refractivity contribution is 5.83. The second kappa shape index (κ2) is 6.38. The van der Waals surface area contributed by atoms with E-state index in [1.165, 1.54) is 36.5 Å². The maximum Gasteiger partial charge on any atom is 0.0805 e. The molecular formula is C18H23NO. The second-order valence-corrected chi connectivity index (χ2v) is 5.86. The number of fused-ring (bicyclic) bond motifs is 1. The average Bonchev–Trinajstić information content (AvgIpc) is 2.75. The van der Waals surface area contributed by atoms with Crippen molar-refractivity contribution < 1.29 is 5.11 Å². The molecule has 2 heteroatoms. The van der Waals surface area contributed by atoms with E-state index in [1.807, 2.05) is 12.1 Å². The highest BCUT2D eigenvalue weighted by Gasteiger charge is 2.17. The van der Waals surface area contributed by atoms with Crippen LogP contribution in [0.1, 0.15) is 43.8 Å².